The van der Waals surface area contributed by atoms with Crippen molar-refractivity contribution in [2.24, 2.45) is 15.0 Å². The minimum Gasteiger partial charge on any atom is -0.246 e. The van der Waals surface area contributed by atoms with Gasteiger partial charge in [-0.1, -0.05) is 36.4 Å². The zero-order valence-electron chi connectivity index (χ0n) is 22.8. The van der Waals surface area contributed by atoms with E-state index in [9.17, 15) is 28.8 Å². The number of nitrogens with zero attached hydrogens (tertiary/aromatic N) is 6. The second-order valence-electron chi connectivity index (χ2n) is 9.32. The maximum Gasteiger partial charge on any atom is 0.345 e. The first-order valence-electron chi connectivity index (χ1n) is 12.7. The Morgan fingerprint density at radius 3 is 0.857 bits per heavy atom. The van der Waals surface area contributed by atoms with E-state index < -0.39 is 35.2 Å². The summed E-state index contributed by atoms with van der Waals surface area (Å²) in [6, 6.07) is 17.3. The predicted octanol–water partition coefficient (Wildman–Crippen LogP) is 3.33. The molecule has 0 aliphatic rings. The van der Waals surface area contributed by atoms with Gasteiger partial charge in [0, 0.05) is 0 Å². The van der Waals surface area contributed by atoms with Crippen molar-refractivity contribution in [2.45, 2.75) is 38.9 Å². The number of aliphatic imine (C=N–C) groups is 3. The zero-order valence-corrected chi connectivity index (χ0v) is 22.8. The normalized spacial score (nSPS) is 12.6. The van der Waals surface area contributed by atoms with Crippen molar-refractivity contribution in [3.8, 4) is 17.1 Å². The Labute approximate surface area is 238 Å². The van der Waals surface area contributed by atoms with Crippen LogP contribution >= 0.6 is 0 Å². The first-order valence-corrected chi connectivity index (χ1v) is 12.7. The van der Waals surface area contributed by atoms with Gasteiger partial charge in [-0.05, 0) is 73.9 Å². The monoisotopic (exact) mass is 564 g/mol. The predicted molar refractivity (Wildman–Crippen MR) is 153 cm³/mol. The molecule has 0 saturated carbocycles. The van der Waals surface area contributed by atoms with Crippen LogP contribution in [-0.2, 0) is 14.4 Å². The van der Waals surface area contributed by atoms with Crippen LogP contribution in [0.1, 0.15) is 55.6 Å². The number of hydrogen-bond acceptors (Lipinski definition) is 9. The summed E-state index contributed by atoms with van der Waals surface area (Å²) in [5.74, 6) is 0. The molecule has 12 nitrogen and oxygen atoms in total. The summed E-state index contributed by atoms with van der Waals surface area (Å²) in [5.41, 5.74) is -0.266. The average molecular weight is 565 g/mol. The van der Waals surface area contributed by atoms with Crippen molar-refractivity contribution in [3.05, 3.63) is 121 Å². The summed E-state index contributed by atoms with van der Waals surface area (Å²) in [4.78, 5) is 84.3. The molecular formula is C30H24N6O6. The lowest BCUT2D eigenvalue weighted by Gasteiger charge is -2.16. The van der Waals surface area contributed by atoms with E-state index in [4.69, 9.17) is 0 Å². The fraction of sp³-hybridized carbons (Fsp3) is 0.200. The van der Waals surface area contributed by atoms with Gasteiger partial charge < -0.3 is 0 Å². The van der Waals surface area contributed by atoms with Crippen LogP contribution in [0.25, 0.3) is 17.1 Å². The Hall–Kier alpha value is -5.79. The van der Waals surface area contributed by atoms with Gasteiger partial charge in [0.1, 0.15) is 0 Å². The number of benzene rings is 3. The van der Waals surface area contributed by atoms with Crippen LogP contribution in [0.5, 0.6) is 0 Å². The molecule has 0 saturated heterocycles. The summed E-state index contributed by atoms with van der Waals surface area (Å²) in [7, 11) is 0. The lowest BCUT2D eigenvalue weighted by atomic mass is 10.1. The van der Waals surface area contributed by atoms with E-state index in [-0.39, 0.29) is 17.1 Å². The summed E-state index contributed by atoms with van der Waals surface area (Å²) in [6.45, 7) is 5.07. The van der Waals surface area contributed by atoms with Gasteiger partial charge in [-0.15, -0.1) is 0 Å². The first-order chi connectivity index (χ1) is 20.2. The largest absolute Gasteiger partial charge is 0.345 e. The lowest BCUT2D eigenvalue weighted by Crippen LogP contribution is -2.52. The molecule has 4 aromatic rings. The highest BCUT2D eigenvalue weighted by molar-refractivity contribution is 5.43. The molecule has 0 bridgehead atoms. The molecule has 0 fully saturated rings. The molecule has 3 unspecified atom stereocenters. The van der Waals surface area contributed by atoms with Gasteiger partial charge in [0.2, 0.25) is 18.2 Å². The smallest absolute Gasteiger partial charge is 0.246 e. The molecule has 0 aliphatic carbocycles. The maximum absolute atomic E-state index is 13.8. The van der Waals surface area contributed by atoms with Crippen molar-refractivity contribution in [2.75, 3.05) is 0 Å². The number of hydrogen-bond donors (Lipinski definition) is 0. The van der Waals surface area contributed by atoms with Gasteiger partial charge >= 0.3 is 17.1 Å². The van der Waals surface area contributed by atoms with Crippen molar-refractivity contribution < 1.29 is 14.4 Å². The molecule has 3 aromatic carbocycles. The Bertz CT molecular complexity index is 1680. The highest BCUT2D eigenvalue weighted by atomic mass is 16.2. The summed E-state index contributed by atoms with van der Waals surface area (Å²) >= 11 is 0. The van der Waals surface area contributed by atoms with Crippen LogP contribution in [0.2, 0.25) is 0 Å². The Balaban J connectivity index is 1.97. The van der Waals surface area contributed by atoms with Gasteiger partial charge in [0.15, 0.2) is 0 Å². The van der Waals surface area contributed by atoms with Crippen LogP contribution in [0.15, 0.2) is 102 Å². The molecular weight excluding hydrogens is 540 g/mol. The van der Waals surface area contributed by atoms with Crippen LogP contribution < -0.4 is 17.1 Å². The molecule has 4 rings (SSSR count). The zero-order chi connectivity index (χ0) is 30.4. The van der Waals surface area contributed by atoms with Gasteiger partial charge in [0.25, 0.3) is 0 Å². The molecule has 0 aliphatic heterocycles. The van der Waals surface area contributed by atoms with Gasteiger partial charge in [-0.2, -0.15) is 15.0 Å². The van der Waals surface area contributed by atoms with E-state index in [1.54, 1.807) is 57.2 Å². The number of carbonyl (C=O) groups excluding carboxylic acids is 3. The SMILES string of the molecule is CC(N=C=O)c1ccc(-n2c(=O)n(-c3ccc(C(C)N=C=O)cc3)c(=O)n(-c3ccc(C(C)N=C=O)cc3)c2=O)cc1. The number of isocyanates is 3. The van der Waals surface area contributed by atoms with Gasteiger partial charge in [-0.3, -0.25) is 0 Å². The molecule has 3 atom stereocenters. The highest BCUT2D eigenvalue weighted by Crippen LogP contribution is 2.20. The average Bonchev–Trinajstić information content (AvgIpc) is 2.98. The number of rotatable bonds is 9. The van der Waals surface area contributed by atoms with E-state index >= 15 is 0 Å². The van der Waals surface area contributed by atoms with Crippen LogP contribution in [0, 0.1) is 0 Å². The third-order valence-electron chi connectivity index (χ3n) is 6.79. The van der Waals surface area contributed by atoms with Gasteiger partial charge in [-0.25, -0.2) is 42.5 Å². The molecule has 0 spiro atoms. The molecule has 42 heavy (non-hydrogen) atoms. The van der Waals surface area contributed by atoms with E-state index in [0.717, 1.165) is 13.7 Å². The lowest BCUT2D eigenvalue weighted by molar-refractivity contribution is 0.559. The summed E-state index contributed by atoms with van der Waals surface area (Å²) in [6.07, 6.45) is 4.51. The minimum atomic E-state index is -0.912. The maximum atomic E-state index is 13.8. The van der Waals surface area contributed by atoms with Crippen molar-refractivity contribution in [1.82, 2.24) is 13.7 Å². The summed E-state index contributed by atoms with van der Waals surface area (Å²) < 4.78 is 2.58. The fourth-order valence-electron chi connectivity index (χ4n) is 4.37. The minimum absolute atomic E-state index is 0.176. The Morgan fingerprint density at radius 1 is 0.452 bits per heavy atom. The molecule has 0 radical (unpaired) electrons. The highest BCUT2D eigenvalue weighted by Gasteiger charge is 2.20. The van der Waals surface area contributed by atoms with Crippen LogP contribution in [0.3, 0.4) is 0 Å². The molecule has 1 aromatic heterocycles. The third-order valence-corrected chi connectivity index (χ3v) is 6.79. The standard InChI is InChI=1S/C30H24N6O6/c1-19(31-16-37)22-4-10-25(11-5-22)34-28(40)35(26-12-6-23(7-13-26)20(2)32-17-38)30(42)36(29(34)41)27-14-8-24(9-15-27)21(3)33-18-39/h4-15,19-21H,1-3H3. The second-order valence-corrected chi connectivity index (χ2v) is 9.32. The molecule has 210 valence electrons. The first kappa shape index (κ1) is 29.2. The fourth-order valence-corrected chi connectivity index (χ4v) is 4.37. The third kappa shape index (κ3) is 5.72. The van der Waals surface area contributed by atoms with Crippen LogP contribution in [0.4, 0.5) is 0 Å². The quantitative estimate of drug-likeness (QED) is 0.224. The second kappa shape index (κ2) is 12.6. The van der Waals surface area contributed by atoms with E-state index in [0.29, 0.717) is 16.7 Å². The topological polar surface area (TPSA) is 154 Å². The Kier molecular flexibility index (Phi) is 8.75. The van der Waals surface area contributed by atoms with Gasteiger partial charge in [0.05, 0.1) is 35.2 Å². The molecule has 12 heteroatoms. The van der Waals surface area contributed by atoms with E-state index in [1.807, 2.05) is 0 Å². The molecule has 0 N–H and O–H groups in total. The van der Waals surface area contributed by atoms with Crippen molar-refractivity contribution in [3.63, 3.8) is 0 Å². The van der Waals surface area contributed by atoms with Crippen molar-refractivity contribution in [1.29, 1.82) is 0 Å². The molecule has 0 amide bonds. The number of aromatic nitrogens is 3. The Morgan fingerprint density at radius 2 is 0.667 bits per heavy atom. The van der Waals surface area contributed by atoms with E-state index in [1.165, 1.54) is 54.6 Å². The van der Waals surface area contributed by atoms with Crippen LogP contribution in [-0.4, -0.2) is 31.9 Å². The van der Waals surface area contributed by atoms with Crippen molar-refractivity contribution >= 4 is 18.2 Å². The van der Waals surface area contributed by atoms with E-state index in [2.05, 4.69) is 15.0 Å². The summed E-state index contributed by atoms with van der Waals surface area (Å²) in [5, 5.41) is 0. The molecule has 1 heterocycles.